The third kappa shape index (κ3) is 2.89. The van der Waals surface area contributed by atoms with Crippen molar-refractivity contribution in [2.24, 2.45) is 5.73 Å². The lowest BCUT2D eigenvalue weighted by molar-refractivity contribution is -0.122. The molecular formula is C10H20N2OS. The second-order valence-corrected chi connectivity index (χ2v) is 5.37. The maximum absolute atomic E-state index is 11.3. The predicted octanol–water partition coefficient (Wildman–Crippen LogP) is 1.13. The first-order chi connectivity index (χ1) is 6.59. The minimum atomic E-state index is -0.393. The average Bonchev–Trinajstić information content (AvgIpc) is 2.63. The Bertz CT molecular complexity index is 200. The van der Waals surface area contributed by atoms with Crippen LogP contribution in [0.1, 0.15) is 32.6 Å². The van der Waals surface area contributed by atoms with Crippen molar-refractivity contribution in [3.05, 3.63) is 0 Å². The van der Waals surface area contributed by atoms with Gasteiger partial charge in [-0.25, -0.2) is 0 Å². The highest BCUT2D eigenvalue weighted by atomic mass is 32.2. The molecule has 1 atom stereocenters. The number of rotatable bonds is 4. The lowest BCUT2D eigenvalue weighted by Crippen LogP contribution is -2.44. The summed E-state index contributed by atoms with van der Waals surface area (Å²) < 4.78 is 0.282. The van der Waals surface area contributed by atoms with Crippen LogP contribution in [0, 0.1) is 0 Å². The van der Waals surface area contributed by atoms with Crippen LogP contribution in [0.3, 0.4) is 0 Å². The van der Waals surface area contributed by atoms with Gasteiger partial charge in [0.15, 0.2) is 0 Å². The zero-order valence-corrected chi connectivity index (χ0v) is 9.82. The highest BCUT2D eigenvalue weighted by Crippen LogP contribution is 2.39. The Hall–Kier alpha value is -0.220. The van der Waals surface area contributed by atoms with Gasteiger partial charge in [0.1, 0.15) is 0 Å². The molecule has 0 aromatic heterocycles. The molecule has 0 radical (unpaired) electrons. The molecule has 82 valence electrons. The predicted molar refractivity (Wildman–Crippen MR) is 61.4 cm³/mol. The monoisotopic (exact) mass is 216 g/mol. The van der Waals surface area contributed by atoms with Crippen molar-refractivity contribution >= 4 is 17.7 Å². The van der Waals surface area contributed by atoms with Crippen LogP contribution in [0.2, 0.25) is 0 Å². The number of nitrogens with one attached hydrogen (secondary N) is 1. The van der Waals surface area contributed by atoms with Crippen LogP contribution in [0.25, 0.3) is 0 Å². The normalized spacial score (nSPS) is 21.9. The molecule has 0 bridgehead atoms. The van der Waals surface area contributed by atoms with E-state index in [4.69, 9.17) is 5.73 Å². The highest BCUT2D eigenvalue weighted by Gasteiger charge is 2.33. The summed E-state index contributed by atoms with van der Waals surface area (Å²) in [6.45, 7) is 2.49. The lowest BCUT2D eigenvalue weighted by Gasteiger charge is -2.27. The van der Waals surface area contributed by atoms with Crippen LogP contribution in [0.5, 0.6) is 0 Å². The van der Waals surface area contributed by atoms with Crippen LogP contribution in [-0.4, -0.2) is 29.5 Å². The zero-order chi connectivity index (χ0) is 10.6. The van der Waals surface area contributed by atoms with Gasteiger partial charge in [-0.15, -0.1) is 0 Å². The fourth-order valence-corrected chi connectivity index (χ4v) is 2.80. The first-order valence-corrected chi connectivity index (χ1v) is 6.40. The molecule has 1 aliphatic carbocycles. The molecule has 0 aromatic rings. The summed E-state index contributed by atoms with van der Waals surface area (Å²) in [4.78, 5) is 11.3. The van der Waals surface area contributed by atoms with Gasteiger partial charge in [0.2, 0.25) is 5.91 Å². The van der Waals surface area contributed by atoms with E-state index in [-0.39, 0.29) is 10.7 Å². The summed E-state index contributed by atoms with van der Waals surface area (Å²) in [5.74, 6) is -0.0367. The van der Waals surface area contributed by atoms with Crippen molar-refractivity contribution < 1.29 is 4.79 Å². The molecule has 4 heteroatoms. The van der Waals surface area contributed by atoms with E-state index in [0.29, 0.717) is 0 Å². The summed E-state index contributed by atoms with van der Waals surface area (Å²) in [5.41, 5.74) is 5.49. The minimum absolute atomic E-state index is 0.0367. The fraction of sp³-hybridized carbons (Fsp3) is 0.900. The van der Waals surface area contributed by atoms with Gasteiger partial charge < -0.3 is 11.1 Å². The first kappa shape index (κ1) is 11.9. The maximum atomic E-state index is 11.3. The molecule has 3 nitrogen and oxygen atoms in total. The lowest BCUT2D eigenvalue weighted by atomic mass is 10.1. The molecule has 1 rings (SSSR count). The van der Waals surface area contributed by atoms with Crippen LogP contribution >= 0.6 is 11.8 Å². The Morgan fingerprint density at radius 3 is 2.57 bits per heavy atom. The van der Waals surface area contributed by atoms with Crippen LogP contribution in [-0.2, 0) is 4.79 Å². The van der Waals surface area contributed by atoms with E-state index in [0.717, 1.165) is 6.54 Å². The molecule has 0 aliphatic heterocycles. The average molecular weight is 216 g/mol. The van der Waals surface area contributed by atoms with Crippen LogP contribution < -0.4 is 11.1 Å². The number of carbonyl (C=O) groups excluding carboxylic acids is 1. The summed E-state index contributed by atoms with van der Waals surface area (Å²) >= 11 is 1.88. The van der Waals surface area contributed by atoms with Crippen LogP contribution in [0.4, 0.5) is 0 Å². The van der Waals surface area contributed by atoms with E-state index in [1.807, 2.05) is 11.8 Å². The highest BCUT2D eigenvalue weighted by molar-refractivity contribution is 8.00. The summed E-state index contributed by atoms with van der Waals surface area (Å²) in [7, 11) is 0. The van der Waals surface area contributed by atoms with Crippen molar-refractivity contribution in [3.63, 3.8) is 0 Å². The third-order valence-electron chi connectivity index (χ3n) is 2.95. The molecule has 1 fully saturated rings. The smallest absolute Gasteiger partial charge is 0.236 e. The zero-order valence-electron chi connectivity index (χ0n) is 9.01. The van der Waals surface area contributed by atoms with Gasteiger partial charge in [-0.2, -0.15) is 11.8 Å². The van der Waals surface area contributed by atoms with Crippen molar-refractivity contribution in [3.8, 4) is 0 Å². The molecule has 0 aromatic carbocycles. The van der Waals surface area contributed by atoms with Crippen molar-refractivity contribution in [2.45, 2.75) is 43.4 Å². The van der Waals surface area contributed by atoms with E-state index < -0.39 is 6.04 Å². The van der Waals surface area contributed by atoms with Gasteiger partial charge in [-0.1, -0.05) is 12.8 Å². The van der Waals surface area contributed by atoms with Gasteiger partial charge in [-0.05, 0) is 26.0 Å². The van der Waals surface area contributed by atoms with E-state index in [1.54, 1.807) is 6.92 Å². The Morgan fingerprint density at radius 1 is 1.57 bits per heavy atom. The van der Waals surface area contributed by atoms with E-state index in [9.17, 15) is 4.79 Å². The number of carbonyl (C=O) groups is 1. The van der Waals surface area contributed by atoms with Gasteiger partial charge in [-0.3, -0.25) is 4.79 Å². The summed E-state index contributed by atoms with van der Waals surface area (Å²) in [6, 6.07) is -0.393. The van der Waals surface area contributed by atoms with Gasteiger partial charge in [0, 0.05) is 11.3 Å². The molecular weight excluding hydrogens is 196 g/mol. The van der Waals surface area contributed by atoms with Crippen LogP contribution in [0.15, 0.2) is 0 Å². The summed E-state index contributed by atoms with van der Waals surface area (Å²) in [6.07, 6.45) is 7.13. The Kier molecular flexibility index (Phi) is 4.26. The number of hydrogen-bond donors (Lipinski definition) is 2. The SMILES string of the molecule is CSC1(CNC(=O)C(C)N)CCCC1. The van der Waals surface area contributed by atoms with E-state index >= 15 is 0 Å². The maximum Gasteiger partial charge on any atom is 0.236 e. The Labute approximate surface area is 90.2 Å². The quantitative estimate of drug-likeness (QED) is 0.740. The molecule has 14 heavy (non-hydrogen) atoms. The molecule has 0 heterocycles. The van der Waals surface area contributed by atoms with E-state index in [1.165, 1.54) is 25.7 Å². The first-order valence-electron chi connectivity index (χ1n) is 5.18. The van der Waals surface area contributed by atoms with Crippen molar-refractivity contribution in [2.75, 3.05) is 12.8 Å². The number of nitrogens with two attached hydrogens (primary N) is 1. The van der Waals surface area contributed by atoms with Gasteiger partial charge in [0.05, 0.1) is 6.04 Å². The fourth-order valence-electron chi connectivity index (χ4n) is 1.88. The molecule has 1 amide bonds. The van der Waals surface area contributed by atoms with Gasteiger partial charge >= 0.3 is 0 Å². The molecule has 0 spiro atoms. The van der Waals surface area contributed by atoms with E-state index in [2.05, 4.69) is 11.6 Å². The third-order valence-corrected chi connectivity index (χ3v) is 4.36. The molecule has 3 N–H and O–H groups in total. The molecule has 0 saturated heterocycles. The van der Waals surface area contributed by atoms with Gasteiger partial charge in [0.25, 0.3) is 0 Å². The standard InChI is InChI=1S/C10H20N2OS/c1-8(11)9(13)12-7-10(14-2)5-3-4-6-10/h8H,3-7,11H2,1-2H3,(H,12,13). The Morgan fingerprint density at radius 2 is 2.14 bits per heavy atom. The number of amides is 1. The number of hydrogen-bond acceptors (Lipinski definition) is 3. The molecule has 1 aliphatic rings. The summed E-state index contributed by atoms with van der Waals surface area (Å²) in [5, 5.41) is 2.93. The topological polar surface area (TPSA) is 55.1 Å². The van der Waals surface area contributed by atoms with Crippen molar-refractivity contribution in [1.82, 2.24) is 5.32 Å². The molecule has 1 saturated carbocycles. The number of thioether (sulfide) groups is 1. The Balaban J connectivity index is 2.38. The minimum Gasteiger partial charge on any atom is -0.353 e. The van der Waals surface area contributed by atoms with Crippen molar-refractivity contribution in [1.29, 1.82) is 0 Å². The largest absolute Gasteiger partial charge is 0.353 e. The second kappa shape index (κ2) is 5.03. The second-order valence-electron chi connectivity index (χ2n) is 4.10. The molecule has 1 unspecified atom stereocenters.